The molecule has 3 aromatic rings. The van der Waals surface area contributed by atoms with Gasteiger partial charge in [-0.25, -0.2) is 4.98 Å². The number of nitrogens with zero attached hydrogens (tertiary/aromatic N) is 3. The third-order valence-electron chi connectivity index (χ3n) is 5.03. The van der Waals surface area contributed by atoms with Crippen LogP contribution in [0, 0.1) is 0 Å². The number of fused-ring (bicyclic) bond motifs is 1. The van der Waals surface area contributed by atoms with E-state index in [2.05, 4.69) is 15.3 Å². The summed E-state index contributed by atoms with van der Waals surface area (Å²) >= 11 is 1.42. The molecule has 0 unspecified atom stereocenters. The Hall–Kier alpha value is -3.26. The highest BCUT2D eigenvalue weighted by molar-refractivity contribution is 7.13. The second kappa shape index (κ2) is 9.04. The third-order valence-corrected chi connectivity index (χ3v) is 6.18. The number of hydrogen-bond acceptors (Lipinski definition) is 6. The molecular weight excluding hydrogens is 400 g/mol. The lowest BCUT2D eigenvalue weighted by atomic mass is 10.2. The highest BCUT2D eigenvalue weighted by Crippen LogP contribution is 2.24. The largest absolute Gasteiger partial charge is 0.497 e. The summed E-state index contributed by atoms with van der Waals surface area (Å²) in [5.41, 5.74) is 2.55. The molecule has 2 amide bonds. The van der Waals surface area contributed by atoms with E-state index in [-0.39, 0.29) is 11.8 Å². The van der Waals surface area contributed by atoms with Crippen molar-refractivity contribution in [1.29, 1.82) is 0 Å². The zero-order chi connectivity index (χ0) is 20.9. The molecule has 30 heavy (non-hydrogen) atoms. The van der Waals surface area contributed by atoms with Crippen LogP contribution >= 0.6 is 11.3 Å². The third kappa shape index (κ3) is 4.49. The lowest BCUT2D eigenvalue weighted by Gasteiger charge is -2.20. The summed E-state index contributed by atoms with van der Waals surface area (Å²) in [6.45, 7) is 1.63. The second-order valence-corrected chi connectivity index (χ2v) is 8.03. The molecule has 0 saturated carbocycles. The normalized spacial score (nSPS) is 13.3. The maximum atomic E-state index is 12.7. The molecule has 154 valence electrons. The molecule has 8 heteroatoms. The Bertz CT molecular complexity index is 1010. The minimum Gasteiger partial charge on any atom is -0.497 e. The van der Waals surface area contributed by atoms with E-state index in [1.165, 1.54) is 11.3 Å². The molecule has 0 aliphatic carbocycles. The summed E-state index contributed by atoms with van der Waals surface area (Å²) in [6.07, 6.45) is 4.60. The lowest BCUT2D eigenvalue weighted by molar-refractivity contribution is 0.0762. The fourth-order valence-electron chi connectivity index (χ4n) is 3.34. The summed E-state index contributed by atoms with van der Waals surface area (Å²) in [5.74, 6) is 0.615. The molecule has 0 fully saturated rings. The molecule has 2 aromatic heterocycles. The molecule has 4 rings (SSSR count). The molecule has 1 N–H and O–H groups in total. The quantitative estimate of drug-likeness (QED) is 0.683. The van der Waals surface area contributed by atoms with Crippen molar-refractivity contribution >= 4 is 23.2 Å². The van der Waals surface area contributed by atoms with Crippen molar-refractivity contribution in [3.63, 3.8) is 0 Å². The SMILES string of the molecule is COc1ccc(CNC(=O)c2nc3c(s2)CCN(C(=O)c2ccncc2)CC3)cc1. The smallest absolute Gasteiger partial charge is 0.280 e. The van der Waals surface area contributed by atoms with Crippen LogP contribution < -0.4 is 10.1 Å². The number of pyridine rings is 1. The first-order valence-electron chi connectivity index (χ1n) is 9.73. The van der Waals surface area contributed by atoms with Crippen molar-refractivity contribution in [3.8, 4) is 5.75 Å². The first kappa shape index (κ1) is 20.0. The highest BCUT2D eigenvalue weighted by Gasteiger charge is 2.24. The van der Waals surface area contributed by atoms with Gasteiger partial charge in [0.25, 0.3) is 11.8 Å². The number of carbonyl (C=O) groups is 2. The second-order valence-electron chi connectivity index (χ2n) is 6.95. The molecule has 1 aliphatic heterocycles. The van der Waals surface area contributed by atoms with Gasteiger partial charge in [-0.2, -0.15) is 0 Å². The summed E-state index contributed by atoms with van der Waals surface area (Å²) in [4.78, 5) is 36.6. The molecule has 0 spiro atoms. The summed E-state index contributed by atoms with van der Waals surface area (Å²) in [6, 6.07) is 11.0. The van der Waals surface area contributed by atoms with Gasteiger partial charge in [-0.05, 0) is 29.8 Å². The average Bonchev–Trinajstić information content (AvgIpc) is 3.11. The van der Waals surface area contributed by atoms with Gasteiger partial charge in [0, 0.05) is 55.3 Å². The molecule has 0 radical (unpaired) electrons. The minimum absolute atomic E-state index is 0.00464. The van der Waals surface area contributed by atoms with E-state index in [0.29, 0.717) is 43.0 Å². The Balaban J connectivity index is 1.36. The Labute approximate surface area is 178 Å². The van der Waals surface area contributed by atoms with Crippen molar-refractivity contribution in [2.24, 2.45) is 0 Å². The number of hydrogen-bond donors (Lipinski definition) is 1. The summed E-state index contributed by atoms with van der Waals surface area (Å²) in [5, 5.41) is 3.40. The van der Waals surface area contributed by atoms with Crippen LogP contribution in [0.1, 0.15) is 36.3 Å². The van der Waals surface area contributed by atoms with E-state index in [1.54, 1.807) is 31.6 Å². The van der Waals surface area contributed by atoms with E-state index < -0.39 is 0 Å². The molecule has 1 aliphatic rings. The molecule has 0 bridgehead atoms. The van der Waals surface area contributed by atoms with Crippen molar-refractivity contribution in [2.45, 2.75) is 19.4 Å². The van der Waals surface area contributed by atoms with E-state index in [1.807, 2.05) is 29.2 Å². The maximum absolute atomic E-state index is 12.7. The van der Waals surface area contributed by atoms with Crippen LogP contribution in [0.4, 0.5) is 0 Å². The number of amides is 2. The highest BCUT2D eigenvalue weighted by atomic mass is 32.1. The summed E-state index contributed by atoms with van der Waals surface area (Å²) in [7, 11) is 1.62. The van der Waals surface area contributed by atoms with Gasteiger partial charge in [0.1, 0.15) is 5.75 Å². The van der Waals surface area contributed by atoms with Crippen molar-refractivity contribution < 1.29 is 14.3 Å². The number of benzene rings is 1. The fourth-order valence-corrected chi connectivity index (χ4v) is 4.35. The Morgan fingerprint density at radius 1 is 1.10 bits per heavy atom. The van der Waals surface area contributed by atoms with E-state index in [0.717, 1.165) is 21.9 Å². The molecule has 0 saturated heterocycles. The molecule has 1 aromatic carbocycles. The zero-order valence-corrected chi connectivity index (χ0v) is 17.4. The van der Waals surface area contributed by atoms with Crippen LogP contribution in [0.5, 0.6) is 5.75 Å². The number of aromatic nitrogens is 2. The van der Waals surface area contributed by atoms with E-state index in [9.17, 15) is 9.59 Å². The predicted molar refractivity (Wildman–Crippen MR) is 114 cm³/mol. The minimum atomic E-state index is -0.173. The maximum Gasteiger partial charge on any atom is 0.280 e. The van der Waals surface area contributed by atoms with Crippen LogP contribution in [-0.4, -0.2) is 46.9 Å². The number of rotatable bonds is 5. The van der Waals surface area contributed by atoms with Gasteiger partial charge >= 0.3 is 0 Å². The van der Waals surface area contributed by atoms with Gasteiger partial charge in [-0.15, -0.1) is 11.3 Å². The Kier molecular flexibility index (Phi) is 6.04. The number of carbonyl (C=O) groups excluding carboxylic acids is 2. The van der Waals surface area contributed by atoms with Gasteiger partial charge in [0.15, 0.2) is 5.01 Å². The van der Waals surface area contributed by atoms with Crippen LogP contribution in [0.2, 0.25) is 0 Å². The van der Waals surface area contributed by atoms with Gasteiger partial charge in [0.05, 0.1) is 12.8 Å². The lowest BCUT2D eigenvalue weighted by Crippen LogP contribution is -2.33. The predicted octanol–water partition coefficient (Wildman–Crippen LogP) is 2.72. The standard InChI is InChI=1S/C22H22N4O3S/c1-29-17-4-2-15(3-5-17)14-24-20(27)21-25-18-8-12-26(13-9-19(18)30-21)22(28)16-6-10-23-11-7-16/h2-7,10-11H,8-9,12-14H2,1H3,(H,24,27). The van der Waals surface area contributed by atoms with Gasteiger partial charge < -0.3 is 15.0 Å². The average molecular weight is 423 g/mol. The topological polar surface area (TPSA) is 84.4 Å². The number of thiazole rings is 1. The number of nitrogens with one attached hydrogen (secondary N) is 1. The first-order valence-corrected chi connectivity index (χ1v) is 10.5. The Morgan fingerprint density at radius 2 is 1.83 bits per heavy atom. The number of ether oxygens (including phenoxy) is 1. The van der Waals surface area contributed by atoms with Crippen LogP contribution in [-0.2, 0) is 19.4 Å². The van der Waals surface area contributed by atoms with Crippen molar-refractivity contribution in [2.75, 3.05) is 20.2 Å². The van der Waals surface area contributed by atoms with E-state index in [4.69, 9.17) is 4.74 Å². The number of methoxy groups -OCH3 is 1. The van der Waals surface area contributed by atoms with Crippen LogP contribution in [0.15, 0.2) is 48.8 Å². The van der Waals surface area contributed by atoms with Gasteiger partial charge in [-0.3, -0.25) is 14.6 Å². The molecular formula is C22H22N4O3S. The molecule has 3 heterocycles. The van der Waals surface area contributed by atoms with Gasteiger partial charge in [0.2, 0.25) is 0 Å². The molecule has 0 atom stereocenters. The monoisotopic (exact) mass is 422 g/mol. The van der Waals surface area contributed by atoms with Gasteiger partial charge in [-0.1, -0.05) is 12.1 Å². The Morgan fingerprint density at radius 3 is 2.57 bits per heavy atom. The van der Waals surface area contributed by atoms with Crippen LogP contribution in [0.25, 0.3) is 0 Å². The zero-order valence-electron chi connectivity index (χ0n) is 16.6. The van der Waals surface area contributed by atoms with Crippen molar-refractivity contribution in [3.05, 3.63) is 75.5 Å². The van der Waals surface area contributed by atoms with Crippen LogP contribution in [0.3, 0.4) is 0 Å². The fraction of sp³-hybridized carbons (Fsp3) is 0.273. The summed E-state index contributed by atoms with van der Waals surface area (Å²) < 4.78 is 5.15. The molecule has 7 nitrogen and oxygen atoms in total. The van der Waals surface area contributed by atoms with E-state index >= 15 is 0 Å². The van der Waals surface area contributed by atoms with Crippen molar-refractivity contribution in [1.82, 2.24) is 20.2 Å². The first-order chi connectivity index (χ1) is 14.6.